The number of anilines is 1. The quantitative estimate of drug-likeness (QED) is 0.616. The van der Waals surface area contributed by atoms with Crippen LogP contribution in [0.25, 0.3) is 11.3 Å². The van der Waals surface area contributed by atoms with Crippen molar-refractivity contribution in [1.29, 1.82) is 0 Å². The highest BCUT2D eigenvalue weighted by molar-refractivity contribution is 6.33. The van der Waals surface area contributed by atoms with E-state index < -0.39 is 0 Å². The van der Waals surface area contributed by atoms with Crippen molar-refractivity contribution >= 4 is 23.2 Å². The third-order valence-electron chi connectivity index (χ3n) is 4.84. The number of nitrogens with two attached hydrogens (primary N) is 1. The van der Waals surface area contributed by atoms with E-state index in [4.69, 9.17) is 22.1 Å². The van der Waals surface area contributed by atoms with Gasteiger partial charge in [-0.3, -0.25) is 14.5 Å². The average molecular weight is 428 g/mol. The molecule has 3 rings (SSSR count). The molecule has 0 aliphatic heterocycles. The lowest BCUT2D eigenvalue weighted by atomic mass is 9.88. The number of amides is 1. The molecule has 3 aromatic rings. The van der Waals surface area contributed by atoms with E-state index in [9.17, 15) is 4.79 Å². The largest absolute Gasteiger partial charge is 0.491 e. The number of nitrogens with zero attached hydrogens (tertiary/aromatic N) is 3. The van der Waals surface area contributed by atoms with Crippen LogP contribution in [0, 0.1) is 5.41 Å². The van der Waals surface area contributed by atoms with E-state index in [2.05, 4.69) is 36.2 Å². The van der Waals surface area contributed by atoms with E-state index in [0.717, 1.165) is 0 Å². The number of aromatic nitrogens is 3. The molecular formula is C22H26ClN5O2. The van der Waals surface area contributed by atoms with Crippen molar-refractivity contribution in [3.8, 4) is 17.0 Å². The summed E-state index contributed by atoms with van der Waals surface area (Å²) in [7, 11) is 1.80. The van der Waals surface area contributed by atoms with Gasteiger partial charge in [-0.2, -0.15) is 5.10 Å². The van der Waals surface area contributed by atoms with E-state index in [1.165, 1.54) is 6.20 Å². The second kappa shape index (κ2) is 8.85. The zero-order valence-corrected chi connectivity index (χ0v) is 18.3. The minimum atomic E-state index is -0.256. The molecule has 2 heterocycles. The first-order chi connectivity index (χ1) is 14.2. The van der Waals surface area contributed by atoms with Crippen LogP contribution in [-0.2, 0) is 7.05 Å². The van der Waals surface area contributed by atoms with E-state index in [-0.39, 0.29) is 17.4 Å². The first-order valence-electron chi connectivity index (χ1n) is 9.58. The highest BCUT2D eigenvalue weighted by atomic mass is 35.5. The van der Waals surface area contributed by atoms with Crippen LogP contribution in [0.3, 0.4) is 0 Å². The third kappa shape index (κ3) is 4.98. The number of nitrogens with one attached hydrogen (secondary N) is 1. The molecule has 0 aliphatic rings. The van der Waals surface area contributed by atoms with Crippen molar-refractivity contribution in [1.82, 2.24) is 14.8 Å². The van der Waals surface area contributed by atoms with Crippen LogP contribution in [0.15, 0.2) is 48.9 Å². The number of rotatable bonds is 6. The van der Waals surface area contributed by atoms with Crippen LogP contribution in [0.1, 0.15) is 31.1 Å². The third-order valence-corrected chi connectivity index (χ3v) is 5.12. The topological polar surface area (TPSA) is 95.1 Å². The summed E-state index contributed by atoms with van der Waals surface area (Å²) in [5.74, 6) is 0.355. The molecule has 0 spiro atoms. The van der Waals surface area contributed by atoms with Crippen LogP contribution in [-0.4, -0.2) is 33.3 Å². The predicted molar refractivity (Wildman–Crippen MR) is 119 cm³/mol. The second-order valence-corrected chi connectivity index (χ2v) is 8.56. The first-order valence-corrected chi connectivity index (χ1v) is 9.96. The monoisotopic (exact) mass is 427 g/mol. The Morgan fingerprint density at radius 3 is 2.67 bits per heavy atom. The van der Waals surface area contributed by atoms with Gasteiger partial charge in [-0.25, -0.2) is 0 Å². The van der Waals surface area contributed by atoms with Crippen molar-refractivity contribution in [3.63, 3.8) is 0 Å². The van der Waals surface area contributed by atoms with Crippen molar-refractivity contribution in [2.24, 2.45) is 18.2 Å². The number of pyridine rings is 1. The van der Waals surface area contributed by atoms with E-state index in [1.54, 1.807) is 48.4 Å². The van der Waals surface area contributed by atoms with Gasteiger partial charge < -0.3 is 15.8 Å². The van der Waals surface area contributed by atoms with Crippen molar-refractivity contribution in [2.45, 2.75) is 26.8 Å². The number of halogens is 1. The Hall–Kier alpha value is -2.90. The molecule has 3 N–H and O–H groups in total. The maximum atomic E-state index is 12.5. The molecule has 0 saturated heterocycles. The Labute approximate surface area is 181 Å². The highest BCUT2D eigenvalue weighted by Crippen LogP contribution is 2.37. The molecule has 1 atom stereocenters. The number of hydrogen-bond acceptors (Lipinski definition) is 5. The molecular weight excluding hydrogens is 402 g/mol. The smallest absolute Gasteiger partial charge is 0.257 e. The summed E-state index contributed by atoms with van der Waals surface area (Å²) in [6, 6.07) is 8.65. The molecule has 1 unspecified atom stereocenters. The number of carbonyl (C=O) groups excluding carboxylic acids is 1. The fourth-order valence-electron chi connectivity index (χ4n) is 2.76. The number of ether oxygens (including phenoxy) is 1. The first kappa shape index (κ1) is 21.8. The zero-order valence-electron chi connectivity index (χ0n) is 17.5. The number of carbonyl (C=O) groups is 1. The summed E-state index contributed by atoms with van der Waals surface area (Å²) in [5, 5.41) is 7.58. The van der Waals surface area contributed by atoms with Gasteiger partial charge >= 0.3 is 0 Å². The van der Waals surface area contributed by atoms with Gasteiger partial charge in [0.1, 0.15) is 12.4 Å². The fraction of sp³-hybridized carbons (Fsp3) is 0.318. The maximum Gasteiger partial charge on any atom is 0.257 e. The Morgan fingerprint density at radius 2 is 2.07 bits per heavy atom. The minimum Gasteiger partial charge on any atom is -0.491 e. The Balaban J connectivity index is 1.93. The Morgan fingerprint density at radius 1 is 1.30 bits per heavy atom. The van der Waals surface area contributed by atoms with Gasteiger partial charge in [0.25, 0.3) is 5.91 Å². The van der Waals surface area contributed by atoms with Crippen molar-refractivity contribution in [3.05, 3.63) is 59.5 Å². The normalized spacial score (nSPS) is 12.5. The summed E-state index contributed by atoms with van der Waals surface area (Å²) in [5.41, 5.74) is 8.63. The van der Waals surface area contributed by atoms with Crippen molar-refractivity contribution < 1.29 is 9.53 Å². The molecule has 1 amide bonds. The summed E-state index contributed by atoms with van der Waals surface area (Å²) in [6.07, 6.45) is 4.70. The lowest BCUT2D eigenvalue weighted by molar-refractivity contribution is 0.102. The molecule has 8 heteroatoms. The van der Waals surface area contributed by atoms with Crippen LogP contribution >= 0.6 is 11.6 Å². The van der Waals surface area contributed by atoms with E-state index >= 15 is 0 Å². The number of hydrogen-bond donors (Lipinski definition) is 2. The highest BCUT2D eigenvalue weighted by Gasteiger charge is 2.23. The van der Waals surface area contributed by atoms with Crippen LogP contribution < -0.4 is 15.8 Å². The molecule has 0 radical (unpaired) electrons. The summed E-state index contributed by atoms with van der Waals surface area (Å²) >= 11 is 6.38. The number of aryl methyl sites for hydroxylation is 1. The van der Waals surface area contributed by atoms with Crippen LogP contribution in [0.2, 0.25) is 5.02 Å². The average Bonchev–Trinajstić information content (AvgIpc) is 3.04. The lowest BCUT2D eigenvalue weighted by Crippen LogP contribution is -2.40. The minimum absolute atomic E-state index is 0.0953. The number of benzene rings is 1. The van der Waals surface area contributed by atoms with Crippen LogP contribution in [0.5, 0.6) is 5.75 Å². The zero-order chi connectivity index (χ0) is 21.9. The summed E-state index contributed by atoms with van der Waals surface area (Å²) in [4.78, 5) is 16.5. The molecule has 7 nitrogen and oxygen atoms in total. The molecule has 2 aromatic heterocycles. The Kier molecular flexibility index (Phi) is 6.43. The molecule has 0 aliphatic carbocycles. The maximum absolute atomic E-state index is 12.5. The molecule has 0 fully saturated rings. The summed E-state index contributed by atoms with van der Waals surface area (Å²) in [6.45, 7) is 6.54. The SMILES string of the molecule is Cn1ncc(Cl)c1-c1cc(NC(=O)c2cccnc2)ccc1OCC(N)C(C)(C)C. The molecule has 30 heavy (non-hydrogen) atoms. The fourth-order valence-corrected chi connectivity index (χ4v) is 3.03. The lowest BCUT2D eigenvalue weighted by Gasteiger charge is -2.27. The van der Waals surface area contributed by atoms with E-state index in [1.807, 2.05) is 6.07 Å². The van der Waals surface area contributed by atoms with Gasteiger partial charge in [0.05, 0.1) is 22.5 Å². The molecule has 0 saturated carbocycles. The van der Waals surface area contributed by atoms with Gasteiger partial charge in [0.2, 0.25) is 0 Å². The van der Waals surface area contributed by atoms with Gasteiger partial charge in [-0.05, 0) is 35.7 Å². The second-order valence-electron chi connectivity index (χ2n) is 8.16. The summed E-state index contributed by atoms with van der Waals surface area (Å²) < 4.78 is 7.72. The molecule has 1 aromatic carbocycles. The van der Waals surface area contributed by atoms with Gasteiger partial charge in [-0.1, -0.05) is 32.4 Å². The van der Waals surface area contributed by atoms with Crippen LogP contribution in [0.4, 0.5) is 5.69 Å². The van der Waals surface area contributed by atoms with E-state index in [0.29, 0.717) is 39.9 Å². The Bertz CT molecular complexity index is 1010. The standard InChI is InChI=1S/C22H26ClN5O2/c1-22(2,3)19(24)13-30-18-8-7-15(27-21(29)14-6-5-9-25-11-14)10-16(18)20-17(23)12-26-28(20)4/h5-12,19H,13,24H2,1-4H3,(H,27,29). The van der Waals surface area contributed by atoms with Gasteiger partial charge in [0, 0.05) is 36.7 Å². The van der Waals surface area contributed by atoms with Gasteiger partial charge in [-0.15, -0.1) is 0 Å². The molecule has 0 bridgehead atoms. The molecule has 158 valence electrons. The van der Waals surface area contributed by atoms with Crippen molar-refractivity contribution in [2.75, 3.05) is 11.9 Å². The van der Waals surface area contributed by atoms with Gasteiger partial charge in [0.15, 0.2) is 0 Å². The predicted octanol–water partition coefficient (Wildman–Crippen LogP) is 4.14.